The molecule has 1 aliphatic rings. The molecule has 1 aromatic heterocycles. The molecule has 0 saturated carbocycles. The molecule has 0 N–H and O–H groups in total. The molecule has 0 spiro atoms. The maximum atomic E-state index is 12.5. The molecule has 1 fully saturated rings. The topological polar surface area (TPSA) is 68.5 Å². The Morgan fingerprint density at radius 2 is 1.92 bits per heavy atom. The summed E-state index contributed by atoms with van der Waals surface area (Å²) in [7, 11) is 1.62. The van der Waals surface area contributed by atoms with Gasteiger partial charge in [0.1, 0.15) is 5.75 Å². The number of aromatic nitrogens is 2. The second-order valence-corrected chi connectivity index (χ2v) is 7.25. The van der Waals surface area contributed by atoms with Crippen LogP contribution < -0.4 is 4.74 Å². The van der Waals surface area contributed by atoms with Gasteiger partial charge in [-0.2, -0.15) is 0 Å². The summed E-state index contributed by atoms with van der Waals surface area (Å²) in [5, 5.41) is 8.51. The molecule has 3 rings (SSSR count). The highest BCUT2D eigenvalue weighted by atomic mass is 32.2. The number of likely N-dealkylation sites (tertiary alicyclic amines) is 1. The lowest BCUT2D eigenvalue weighted by Gasteiger charge is -2.39. The van der Waals surface area contributed by atoms with Crippen molar-refractivity contribution in [2.24, 2.45) is 0 Å². The lowest BCUT2D eigenvalue weighted by Crippen LogP contribution is -2.48. The normalized spacial score (nSPS) is 20.5. The van der Waals surface area contributed by atoms with Gasteiger partial charge >= 0.3 is 0 Å². The van der Waals surface area contributed by atoms with Crippen LogP contribution in [-0.4, -0.2) is 46.0 Å². The van der Waals surface area contributed by atoms with Crippen LogP contribution in [0.15, 0.2) is 33.9 Å². The van der Waals surface area contributed by atoms with Crippen molar-refractivity contribution < 1.29 is 13.9 Å². The number of hydrogen-bond acceptors (Lipinski definition) is 6. The number of amides is 1. The van der Waals surface area contributed by atoms with E-state index in [2.05, 4.69) is 24.0 Å². The fourth-order valence-corrected chi connectivity index (χ4v) is 3.86. The number of nitrogens with zero attached hydrogens (tertiary/aromatic N) is 3. The van der Waals surface area contributed by atoms with E-state index in [4.69, 9.17) is 9.15 Å². The Labute approximate surface area is 151 Å². The minimum absolute atomic E-state index is 0.133. The van der Waals surface area contributed by atoms with Gasteiger partial charge in [0.05, 0.1) is 12.9 Å². The number of hydrogen-bond donors (Lipinski definition) is 0. The van der Waals surface area contributed by atoms with Crippen LogP contribution in [0.1, 0.15) is 33.1 Å². The molecule has 0 radical (unpaired) electrons. The molecule has 7 heteroatoms. The minimum atomic E-state index is 0.133. The van der Waals surface area contributed by atoms with Crippen LogP contribution in [0.2, 0.25) is 0 Å². The summed E-state index contributed by atoms with van der Waals surface area (Å²) in [5.41, 5.74) is 0.824. The summed E-state index contributed by atoms with van der Waals surface area (Å²) in [6.07, 6.45) is 3.33. The Kier molecular flexibility index (Phi) is 5.63. The number of rotatable bonds is 5. The average Bonchev–Trinajstić information content (AvgIpc) is 3.09. The summed E-state index contributed by atoms with van der Waals surface area (Å²) >= 11 is 1.29. The predicted octanol–water partition coefficient (Wildman–Crippen LogP) is 3.63. The zero-order valence-electron chi connectivity index (χ0n) is 14.8. The van der Waals surface area contributed by atoms with Gasteiger partial charge in [0.2, 0.25) is 11.8 Å². The van der Waals surface area contributed by atoms with Crippen molar-refractivity contribution in [2.45, 2.75) is 50.4 Å². The van der Waals surface area contributed by atoms with Crippen molar-refractivity contribution >= 4 is 17.7 Å². The number of thioether (sulfide) groups is 1. The van der Waals surface area contributed by atoms with E-state index in [0.717, 1.165) is 24.2 Å². The second kappa shape index (κ2) is 7.91. The van der Waals surface area contributed by atoms with E-state index in [1.54, 1.807) is 7.11 Å². The molecule has 1 aliphatic heterocycles. The molecular formula is C18H23N3O3S. The van der Waals surface area contributed by atoms with Gasteiger partial charge in [-0.1, -0.05) is 11.8 Å². The largest absolute Gasteiger partial charge is 0.497 e. The maximum Gasteiger partial charge on any atom is 0.277 e. The molecule has 6 nitrogen and oxygen atoms in total. The van der Waals surface area contributed by atoms with Crippen LogP contribution in [-0.2, 0) is 4.79 Å². The lowest BCUT2D eigenvalue weighted by atomic mass is 9.98. The molecule has 2 unspecified atom stereocenters. The van der Waals surface area contributed by atoms with E-state index < -0.39 is 0 Å². The number of piperidine rings is 1. The van der Waals surface area contributed by atoms with Gasteiger partial charge in [0.25, 0.3) is 5.22 Å². The number of methoxy groups -OCH3 is 1. The molecule has 2 aromatic rings. The lowest BCUT2D eigenvalue weighted by molar-refractivity contribution is -0.134. The average molecular weight is 361 g/mol. The second-order valence-electron chi connectivity index (χ2n) is 6.32. The van der Waals surface area contributed by atoms with Gasteiger partial charge in [-0.25, -0.2) is 0 Å². The van der Waals surface area contributed by atoms with Crippen LogP contribution in [0, 0.1) is 0 Å². The monoisotopic (exact) mass is 361 g/mol. The summed E-state index contributed by atoms with van der Waals surface area (Å²) in [4.78, 5) is 14.5. The van der Waals surface area contributed by atoms with E-state index >= 15 is 0 Å². The molecule has 1 aromatic carbocycles. The molecule has 1 saturated heterocycles. The Morgan fingerprint density at radius 3 is 2.56 bits per heavy atom. The summed E-state index contributed by atoms with van der Waals surface area (Å²) in [6.45, 7) is 4.24. The molecule has 2 heterocycles. The van der Waals surface area contributed by atoms with Gasteiger partial charge in [-0.3, -0.25) is 4.79 Å². The Hall–Kier alpha value is -2.02. The van der Waals surface area contributed by atoms with Gasteiger partial charge < -0.3 is 14.1 Å². The van der Waals surface area contributed by atoms with Gasteiger partial charge in [-0.05, 0) is 57.4 Å². The van der Waals surface area contributed by atoms with Gasteiger partial charge in [0, 0.05) is 17.6 Å². The SMILES string of the molecule is COc1ccc(-c2nnc(SCC(=O)N3C(C)CCCC3C)o2)cc1. The quantitative estimate of drug-likeness (QED) is 0.758. The zero-order chi connectivity index (χ0) is 17.8. The highest BCUT2D eigenvalue weighted by Crippen LogP contribution is 2.27. The molecule has 0 bridgehead atoms. The molecule has 25 heavy (non-hydrogen) atoms. The van der Waals surface area contributed by atoms with Gasteiger partial charge in [0.15, 0.2) is 0 Å². The molecule has 1 amide bonds. The summed E-state index contributed by atoms with van der Waals surface area (Å²) in [5.74, 6) is 1.67. The van der Waals surface area contributed by atoms with Crippen molar-refractivity contribution in [1.29, 1.82) is 0 Å². The zero-order valence-corrected chi connectivity index (χ0v) is 15.6. The first-order valence-corrected chi connectivity index (χ1v) is 9.49. The van der Waals surface area contributed by atoms with E-state index in [1.165, 1.54) is 18.2 Å². The summed E-state index contributed by atoms with van der Waals surface area (Å²) in [6, 6.07) is 8.01. The first kappa shape index (κ1) is 17.8. The van der Waals surface area contributed by atoms with Crippen LogP contribution >= 0.6 is 11.8 Å². The standard InChI is InChI=1S/C18H23N3O3S/c1-12-5-4-6-13(2)21(12)16(22)11-25-18-20-19-17(24-18)14-7-9-15(23-3)10-8-14/h7-10,12-13H,4-6,11H2,1-3H3. The fourth-order valence-electron chi connectivity index (χ4n) is 3.23. The predicted molar refractivity (Wildman–Crippen MR) is 96.6 cm³/mol. The van der Waals surface area contributed by atoms with Crippen LogP contribution in [0.3, 0.4) is 0 Å². The van der Waals surface area contributed by atoms with E-state index in [0.29, 0.717) is 29.0 Å². The molecular weight excluding hydrogens is 338 g/mol. The van der Waals surface area contributed by atoms with Gasteiger partial charge in [-0.15, -0.1) is 10.2 Å². The highest BCUT2D eigenvalue weighted by molar-refractivity contribution is 7.99. The third kappa shape index (κ3) is 4.15. The Bertz CT molecular complexity index is 707. The maximum absolute atomic E-state index is 12.5. The smallest absolute Gasteiger partial charge is 0.277 e. The molecule has 0 aliphatic carbocycles. The minimum Gasteiger partial charge on any atom is -0.497 e. The van der Waals surface area contributed by atoms with E-state index in [1.807, 2.05) is 29.2 Å². The number of carbonyl (C=O) groups is 1. The number of ether oxygens (including phenoxy) is 1. The highest BCUT2D eigenvalue weighted by Gasteiger charge is 2.29. The van der Waals surface area contributed by atoms with Crippen molar-refractivity contribution in [1.82, 2.24) is 15.1 Å². The third-order valence-corrected chi connectivity index (χ3v) is 5.35. The van der Waals surface area contributed by atoms with Crippen molar-refractivity contribution in [2.75, 3.05) is 12.9 Å². The molecule has 134 valence electrons. The van der Waals surface area contributed by atoms with Crippen LogP contribution in [0.25, 0.3) is 11.5 Å². The van der Waals surface area contributed by atoms with E-state index in [9.17, 15) is 4.79 Å². The van der Waals surface area contributed by atoms with Crippen LogP contribution in [0.4, 0.5) is 0 Å². The Morgan fingerprint density at radius 1 is 1.24 bits per heavy atom. The number of benzene rings is 1. The van der Waals surface area contributed by atoms with E-state index in [-0.39, 0.29) is 5.91 Å². The summed E-state index contributed by atoms with van der Waals surface area (Å²) < 4.78 is 10.8. The van der Waals surface area contributed by atoms with Crippen LogP contribution in [0.5, 0.6) is 5.75 Å². The first-order chi connectivity index (χ1) is 12.1. The van der Waals surface area contributed by atoms with Crippen molar-refractivity contribution in [3.63, 3.8) is 0 Å². The first-order valence-electron chi connectivity index (χ1n) is 8.50. The fraction of sp³-hybridized carbons (Fsp3) is 0.500. The van der Waals surface area contributed by atoms with Crippen molar-refractivity contribution in [3.05, 3.63) is 24.3 Å². The third-order valence-electron chi connectivity index (χ3n) is 4.54. The Balaban J connectivity index is 1.60. The number of carbonyl (C=O) groups excluding carboxylic acids is 1. The molecule has 2 atom stereocenters. The van der Waals surface area contributed by atoms with Crippen molar-refractivity contribution in [3.8, 4) is 17.2 Å².